The van der Waals surface area contributed by atoms with E-state index in [4.69, 9.17) is 9.31 Å². The van der Waals surface area contributed by atoms with Crippen molar-refractivity contribution in [2.45, 2.75) is 65.5 Å². The molecule has 4 rings (SSSR count). The van der Waals surface area contributed by atoms with Crippen LogP contribution in [0.3, 0.4) is 0 Å². The van der Waals surface area contributed by atoms with Gasteiger partial charge in [0.15, 0.2) is 0 Å². The first-order chi connectivity index (χ1) is 14.3. The van der Waals surface area contributed by atoms with Crippen LogP contribution >= 0.6 is 0 Å². The molecule has 0 saturated carbocycles. The van der Waals surface area contributed by atoms with E-state index >= 15 is 0 Å². The molecule has 1 fully saturated rings. The second-order valence-electron chi connectivity index (χ2n) is 10.6. The van der Waals surface area contributed by atoms with Crippen LogP contribution in [-0.4, -0.2) is 31.0 Å². The fourth-order valence-corrected chi connectivity index (χ4v) is 6.31. The maximum atomic E-state index is 13.9. The van der Waals surface area contributed by atoms with E-state index in [1.165, 1.54) is 5.19 Å². The molecule has 1 aliphatic rings. The highest BCUT2D eigenvalue weighted by molar-refractivity contribution is 6.94. The third kappa shape index (κ3) is 3.61. The molecule has 0 bridgehead atoms. The van der Waals surface area contributed by atoms with E-state index in [9.17, 15) is 4.79 Å². The monoisotopic (exact) mass is 433 g/mol. The number of nitrogens with zero attached hydrogens (tertiary/aromatic N) is 1. The normalized spacial score (nSPS) is 18.0. The van der Waals surface area contributed by atoms with Crippen molar-refractivity contribution < 1.29 is 9.31 Å². The minimum Gasteiger partial charge on any atom is -0.398 e. The molecule has 2 aromatic carbocycles. The Labute approximate surface area is 186 Å². The van der Waals surface area contributed by atoms with Gasteiger partial charge >= 0.3 is 7.12 Å². The summed E-state index contributed by atoms with van der Waals surface area (Å²) in [5.74, 6) is 0. The summed E-state index contributed by atoms with van der Waals surface area (Å²) in [5, 5.41) is 2.96. The van der Waals surface area contributed by atoms with Gasteiger partial charge in [-0.1, -0.05) is 55.5 Å². The molecule has 0 radical (unpaired) electrons. The lowest BCUT2D eigenvalue weighted by molar-refractivity contribution is 0.00578. The number of aromatic nitrogens is 1. The molecule has 0 unspecified atom stereocenters. The first-order valence-electron chi connectivity index (χ1n) is 10.9. The smallest absolute Gasteiger partial charge is 0.398 e. The predicted octanol–water partition coefficient (Wildman–Crippen LogP) is 4.14. The van der Waals surface area contributed by atoms with Crippen LogP contribution in [-0.2, 0) is 9.31 Å². The zero-order valence-electron chi connectivity index (χ0n) is 19.9. The van der Waals surface area contributed by atoms with E-state index in [0.29, 0.717) is 0 Å². The fraction of sp³-hybridized carbons (Fsp3) is 0.400. The molecule has 6 heteroatoms. The van der Waals surface area contributed by atoms with Gasteiger partial charge < -0.3 is 9.31 Å². The van der Waals surface area contributed by atoms with Crippen LogP contribution in [0.15, 0.2) is 53.3 Å². The third-order valence-electron chi connectivity index (χ3n) is 6.65. The summed E-state index contributed by atoms with van der Waals surface area (Å²) in [7, 11) is -2.54. The van der Waals surface area contributed by atoms with Crippen molar-refractivity contribution in [2.75, 3.05) is 0 Å². The lowest BCUT2D eigenvalue weighted by Gasteiger charge is -2.32. The van der Waals surface area contributed by atoms with Gasteiger partial charge in [0.1, 0.15) is 0 Å². The van der Waals surface area contributed by atoms with Gasteiger partial charge in [-0.3, -0.25) is 9.36 Å². The molecule has 1 aliphatic heterocycles. The van der Waals surface area contributed by atoms with E-state index in [1.807, 2.05) is 47.0 Å². The van der Waals surface area contributed by atoms with Crippen LogP contribution in [0.2, 0.25) is 19.6 Å². The van der Waals surface area contributed by atoms with Crippen LogP contribution in [0, 0.1) is 6.92 Å². The van der Waals surface area contributed by atoms with E-state index < -0.39 is 26.4 Å². The second-order valence-corrected chi connectivity index (χ2v) is 15.6. The highest BCUT2D eigenvalue weighted by Crippen LogP contribution is 2.36. The SMILES string of the molecule is Cc1ccc(-n2c(B3OC(C)(C)C(C)(C)O3)c([Si](C)(C)C)c3ccccc3c2=O)cc1. The molecule has 4 nitrogen and oxygen atoms in total. The molecule has 1 saturated heterocycles. The first-order valence-corrected chi connectivity index (χ1v) is 14.4. The highest BCUT2D eigenvalue weighted by Gasteiger charge is 2.54. The summed E-state index contributed by atoms with van der Waals surface area (Å²) >= 11 is 0. The first kappa shape index (κ1) is 22.1. The van der Waals surface area contributed by atoms with Crippen molar-refractivity contribution in [1.29, 1.82) is 0 Å². The molecular weight excluding hydrogens is 401 g/mol. The standard InChI is InChI=1S/C25H32BNO3Si/c1-17-13-15-18(16-14-17)27-22(26-29-24(2,3)25(4,5)30-26)21(31(6,7)8)19-11-9-10-12-20(19)23(27)28/h9-16H,1-8H3. The number of fused-ring (bicyclic) bond motifs is 1. The Balaban J connectivity index is 2.15. The number of benzene rings is 2. The van der Waals surface area contributed by atoms with Crippen molar-refractivity contribution in [3.8, 4) is 5.69 Å². The average Bonchev–Trinajstić information content (AvgIpc) is 2.89. The fourth-order valence-electron chi connectivity index (χ4n) is 4.28. The van der Waals surface area contributed by atoms with Gasteiger partial charge in [0.25, 0.3) is 5.56 Å². The van der Waals surface area contributed by atoms with E-state index in [-0.39, 0.29) is 5.56 Å². The molecular formula is C25H32BNO3Si. The van der Waals surface area contributed by atoms with Crippen molar-refractivity contribution in [1.82, 2.24) is 4.57 Å². The Bertz CT molecular complexity index is 1190. The largest absolute Gasteiger partial charge is 0.512 e. The van der Waals surface area contributed by atoms with Crippen LogP contribution in [0.1, 0.15) is 33.3 Å². The zero-order chi connectivity index (χ0) is 22.8. The Kier molecular flexibility index (Phi) is 5.12. The Morgan fingerprint density at radius 1 is 0.839 bits per heavy atom. The minimum atomic E-state index is -1.92. The number of pyridine rings is 1. The summed E-state index contributed by atoms with van der Waals surface area (Å²) in [4.78, 5) is 13.9. The third-order valence-corrected chi connectivity index (χ3v) is 8.67. The number of rotatable bonds is 3. The van der Waals surface area contributed by atoms with Gasteiger partial charge in [-0.05, 0) is 63.4 Å². The summed E-state index contributed by atoms with van der Waals surface area (Å²) in [6.07, 6.45) is 0. The molecule has 31 heavy (non-hydrogen) atoms. The number of hydrogen-bond acceptors (Lipinski definition) is 3. The second kappa shape index (κ2) is 7.19. The molecule has 3 aromatic rings. The van der Waals surface area contributed by atoms with Gasteiger partial charge in [-0.15, -0.1) is 0 Å². The van der Waals surface area contributed by atoms with Gasteiger partial charge in [-0.2, -0.15) is 0 Å². The van der Waals surface area contributed by atoms with Crippen LogP contribution in [0.25, 0.3) is 16.5 Å². The van der Waals surface area contributed by atoms with Gasteiger partial charge in [-0.25, -0.2) is 0 Å². The van der Waals surface area contributed by atoms with E-state index in [2.05, 4.69) is 60.3 Å². The van der Waals surface area contributed by atoms with Crippen molar-refractivity contribution in [3.63, 3.8) is 0 Å². The molecule has 0 aliphatic carbocycles. The quantitative estimate of drug-likeness (QED) is 0.583. The Morgan fingerprint density at radius 2 is 1.35 bits per heavy atom. The van der Waals surface area contributed by atoms with Gasteiger partial charge in [0.2, 0.25) is 0 Å². The summed E-state index contributed by atoms with van der Waals surface area (Å²) in [5.41, 5.74) is 1.81. The molecule has 1 aromatic heterocycles. The van der Waals surface area contributed by atoms with Crippen LogP contribution < -0.4 is 16.3 Å². The molecule has 0 N–H and O–H groups in total. The lowest BCUT2D eigenvalue weighted by Crippen LogP contribution is -2.60. The average molecular weight is 433 g/mol. The van der Waals surface area contributed by atoms with Crippen LogP contribution in [0.5, 0.6) is 0 Å². The van der Waals surface area contributed by atoms with Crippen molar-refractivity contribution in [3.05, 3.63) is 64.4 Å². The molecule has 2 heterocycles. The molecule has 0 atom stereocenters. The number of aryl methyl sites for hydroxylation is 1. The topological polar surface area (TPSA) is 40.5 Å². The highest BCUT2D eigenvalue weighted by atomic mass is 28.3. The maximum Gasteiger partial charge on any atom is 0.512 e. The van der Waals surface area contributed by atoms with Gasteiger partial charge in [0.05, 0.1) is 24.9 Å². The molecule has 0 spiro atoms. The predicted molar refractivity (Wildman–Crippen MR) is 133 cm³/mol. The summed E-state index contributed by atoms with van der Waals surface area (Å²) in [6, 6.07) is 16.0. The summed E-state index contributed by atoms with van der Waals surface area (Å²) in [6.45, 7) is 17.2. The Hall–Kier alpha value is -2.15. The Morgan fingerprint density at radius 3 is 1.87 bits per heavy atom. The molecule has 162 valence electrons. The lowest BCUT2D eigenvalue weighted by atomic mass is 9.82. The minimum absolute atomic E-state index is 0.0360. The van der Waals surface area contributed by atoms with E-state index in [0.717, 1.165) is 27.6 Å². The van der Waals surface area contributed by atoms with E-state index in [1.54, 1.807) is 0 Å². The summed E-state index contributed by atoms with van der Waals surface area (Å²) < 4.78 is 14.9. The maximum absolute atomic E-state index is 13.9. The molecule has 0 amide bonds. The number of hydrogen-bond donors (Lipinski definition) is 0. The van der Waals surface area contributed by atoms with Crippen molar-refractivity contribution >= 4 is 36.7 Å². The van der Waals surface area contributed by atoms with Gasteiger partial charge in [0, 0.05) is 11.1 Å². The zero-order valence-corrected chi connectivity index (χ0v) is 20.9. The van der Waals surface area contributed by atoms with Crippen molar-refractivity contribution in [2.24, 2.45) is 0 Å². The van der Waals surface area contributed by atoms with Crippen LogP contribution in [0.4, 0.5) is 0 Å².